The normalized spacial score (nSPS) is 13.6. The number of anilines is 1. The zero-order valence-electron chi connectivity index (χ0n) is 19.3. The van der Waals surface area contributed by atoms with Gasteiger partial charge >= 0.3 is 0 Å². The molecule has 172 valence electrons. The van der Waals surface area contributed by atoms with E-state index in [9.17, 15) is 4.79 Å². The summed E-state index contributed by atoms with van der Waals surface area (Å²) < 4.78 is 10.8. The Bertz CT molecular complexity index is 1020. The van der Waals surface area contributed by atoms with E-state index in [1.165, 1.54) is 11.1 Å². The lowest BCUT2D eigenvalue weighted by Crippen LogP contribution is -2.47. The number of benzene rings is 3. The molecule has 6 nitrogen and oxygen atoms in total. The van der Waals surface area contributed by atoms with E-state index in [2.05, 4.69) is 58.7 Å². The highest BCUT2D eigenvalue weighted by Gasteiger charge is 2.18. The van der Waals surface area contributed by atoms with Crippen molar-refractivity contribution in [1.29, 1.82) is 0 Å². The van der Waals surface area contributed by atoms with Crippen LogP contribution in [0.2, 0.25) is 0 Å². The lowest BCUT2D eigenvalue weighted by molar-refractivity contribution is -0.132. The molecule has 3 aromatic carbocycles. The fourth-order valence-electron chi connectivity index (χ4n) is 4.07. The van der Waals surface area contributed by atoms with Crippen molar-refractivity contribution in [3.05, 3.63) is 89.5 Å². The van der Waals surface area contributed by atoms with Gasteiger partial charge < -0.3 is 24.6 Å². The standard InChI is InChI=1S/C27H31N3O3/c1-32-25-7-3-5-22(15-25)19-30(20-23-6-4-8-26(16-23)33-2)24-11-9-21(10-12-24)18-29-14-13-28-17-27(29)31/h3-12,15-16,28H,13-14,17-20H2,1-2H3. The first kappa shape index (κ1) is 22.7. The predicted octanol–water partition coefficient (Wildman–Crippen LogP) is 3.84. The maximum atomic E-state index is 12.1. The Labute approximate surface area is 195 Å². The summed E-state index contributed by atoms with van der Waals surface area (Å²) in [5, 5.41) is 3.12. The molecule has 1 aliphatic rings. The van der Waals surface area contributed by atoms with Gasteiger partial charge in [-0.1, -0.05) is 36.4 Å². The molecule has 0 bridgehead atoms. The van der Waals surface area contributed by atoms with Crippen molar-refractivity contribution in [1.82, 2.24) is 10.2 Å². The second kappa shape index (κ2) is 10.9. The second-order valence-electron chi connectivity index (χ2n) is 8.22. The highest BCUT2D eigenvalue weighted by molar-refractivity contribution is 5.79. The molecule has 0 aliphatic carbocycles. The largest absolute Gasteiger partial charge is 0.497 e. The summed E-state index contributed by atoms with van der Waals surface area (Å²) in [4.78, 5) is 16.4. The van der Waals surface area contributed by atoms with Crippen LogP contribution in [0.3, 0.4) is 0 Å². The van der Waals surface area contributed by atoms with Crippen molar-refractivity contribution in [2.75, 3.05) is 38.8 Å². The summed E-state index contributed by atoms with van der Waals surface area (Å²) in [6, 6.07) is 24.9. The van der Waals surface area contributed by atoms with Gasteiger partial charge in [0, 0.05) is 38.4 Å². The number of hydrogen-bond donors (Lipinski definition) is 1. The van der Waals surface area contributed by atoms with Gasteiger partial charge in [0.05, 0.1) is 20.8 Å². The molecular formula is C27H31N3O3. The number of rotatable bonds is 9. The first-order valence-electron chi connectivity index (χ1n) is 11.2. The molecule has 33 heavy (non-hydrogen) atoms. The molecule has 4 rings (SSSR count). The fraction of sp³-hybridized carbons (Fsp3) is 0.296. The summed E-state index contributed by atoms with van der Waals surface area (Å²) in [5.41, 5.74) is 4.60. The molecule has 0 saturated carbocycles. The molecule has 1 fully saturated rings. The molecule has 1 amide bonds. The van der Waals surface area contributed by atoms with Crippen LogP contribution in [0.4, 0.5) is 5.69 Å². The minimum absolute atomic E-state index is 0.156. The van der Waals surface area contributed by atoms with Crippen LogP contribution < -0.4 is 19.7 Å². The van der Waals surface area contributed by atoms with Crippen molar-refractivity contribution in [3.8, 4) is 11.5 Å². The van der Waals surface area contributed by atoms with Gasteiger partial charge in [-0.2, -0.15) is 0 Å². The third-order valence-corrected chi connectivity index (χ3v) is 5.88. The van der Waals surface area contributed by atoms with Crippen LogP contribution >= 0.6 is 0 Å². The first-order chi connectivity index (χ1) is 16.1. The highest BCUT2D eigenvalue weighted by atomic mass is 16.5. The lowest BCUT2D eigenvalue weighted by atomic mass is 10.1. The van der Waals surface area contributed by atoms with Crippen molar-refractivity contribution in [2.24, 2.45) is 0 Å². The monoisotopic (exact) mass is 445 g/mol. The van der Waals surface area contributed by atoms with Gasteiger partial charge in [-0.25, -0.2) is 0 Å². The Morgan fingerprint density at radius 1 is 0.848 bits per heavy atom. The third-order valence-electron chi connectivity index (χ3n) is 5.88. The van der Waals surface area contributed by atoms with Crippen LogP contribution in [0, 0.1) is 0 Å². The molecule has 0 unspecified atom stereocenters. The Kier molecular flexibility index (Phi) is 7.47. The molecule has 3 aromatic rings. The van der Waals surface area contributed by atoms with Crippen molar-refractivity contribution in [3.63, 3.8) is 0 Å². The molecule has 0 radical (unpaired) electrons. The van der Waals surface area contributed by atoms with E-state index in [1.807, 2.05) is 29.2 Å². The summed E-state index contributed by atoms with van der Waals surface area (Å²) in [5.74, 6) is 1.86. The summed E-state index contributed by atoms with van der Waals surface area (Å²) >= 11 is 0. The number of ether oxygens (including phenoxy) is 2. The number of carbonyl (C=O) groups excluding carboxylic acids is 1. The lowest BCUT2D eigenvalue weighted by Gasteiger charge is -2.28. The fourth-order valence-corrected chi connectivity index (χ4v) is 4.07. The topological polar surface area (TPSA) is 54.0 Å². The number of piperazine rings is 1. The van der Waals surface area contributed by atoms with E-state index < -0.39 is 0 Å². The molecule has 1 aliphatic heterocycles. The third kappa shape index (κ3) is 6.05. The van der Waals surface area contributed by atoms with E-state index in [0.717, 1.165) is 48.9 Å². The molecule has 1 N–H and O–H groups in total. The number of amides is 1. The smallest absolute Gasteiger partial charge is 0.236 e. The van der Waals surface area contributed by atoms with Crippen LogP contribution in [-0.4, -0.2) is 44.7 Å². The van der Waals surface area contributed by atoms with Crippen molar-refractivity contribution in [2.45, 2.75) is 19.6 Å². The zero-order chi connectivity index (χ0) is 23.0. The molecule has 0 atom stereocenters. The van der Waals surface area contributed by atoms with E-state index in [4.69, 9.17) is 9.47 Å². The quantitative estimate of drug-likeness (QED) is 0.542. The zero-order valence-corrected chi connectivity index (χ0v) is 19.3. The summed E-state index contributed by atoms with van der Waals surface area (Å²) in [7, 11) is 3.38. The van der Waals surface area contributed by atoms with E-state index in [0.29, 0.717) is 13.1 Å². The molecule has 6 heteroatoms. The molecule has 0 spiro atoms. The van der Waals surface area contributed by atoms with Gasteiger partial charge in [-0.15, -0.1) is 0 Å². The van der Waals surface area contributed by atoms with Crippen LogP contribution in [0.1, 0.15) is 16.7 Å². The Balaban J connectivity index is 1.55. The Morgan fingerprint density at radius 3 is 2.00 bits per heavy atom. The average Bonchev–Trinajstić information content (AvgIpc) is 2.86. The first-order valence-corrected chi connectivity index (χ1v) is 11.2. The number of hydrogen-bond acceptors (Lipinski definition) is 5. The van der Waals surface area contributed by atoms with E-state index >= 15 is 0 Å². The van der Waals surface area contributed by atoms with Crippen LogP contribution in [0.25, 0.3) is 0 Å². The van der Waals surface area contributed by atoms with Crippen LogP contribution in [0.5, 0.6) is 11.5 Å². The predicted molar refractivity (Wildman–Crippen MR) is 131 cm³/mol. The van der Waals surface area contributed by atoms with Crippen LogP contribution in [0.15, 0.2) is 72.8 Å². The van der Waals surface area contributed by atoms with Gasteiger partial charge in [0.15, 0.2) is 0 Å². The van der Waals surface area contributed by atoms with Crippen molar-refractivity contribution < 1.29 is 14.3 Å². The van der Waals surface area contributed by atoms with Crippen molar-refractivity contribution >= 4 is 11.6 Å². The minimum Gasteiger partial charge on any atom is -0.497 e. The maximum absolute atomic E-state index is 12.1. The van der Waals surface area contributed by atoms with Gasteiger partial charge in [-0.05, 0) is 53.1 Å². The SMILES string of the molecule is COc1cccc(CN(Cc2cccc(OC)c2)c2ccc(CN3CCNCC3=O)cc2)c1. The minimum atomic E-state index is 0.156. The van der Waals surface area contributed by atoms with Gasteiger partial charge in [-0.3, -0.25) is 4.79 Å². The number of methoxy groups -OCH3 is 2. The average molecular weight is 446 g/mol. The molecule has 1 saturated heterocycles. The van der Waals surface area contributed by atoms with Gasteiger partial charge in [0.2, 0.25) is 5.91 Å². The molecule has 1 heterocycles. The maximum Gasteiger partial charge on any atom is 0.236 e. The number of nitrogens with zero attached hydrogens (tertiary/aromatic N) is 2. The van der Waals surface area contributed by atoms with E-state index in [1.54, 1.807) is 14.2 Å². The number of carbonyl (C=O) groups is 1. The summed E-state index contributed by atoms with van der Waals surface area (Å²) in [6.07, 6.45) is 0. The second-order valence-corrected chi connectivity index (χ2v) is 8.22. The van der Waals surface area contributed by atoms with Gasteiger partial charge in [0.25, 0.3) is 0 Å². The van der Waals surface area contributed by atoms with Crippen LogP contribution in [-0.2, 0) is 24.4 Å². The van der Waals surface area contributed by atoms with E-state index in [-0.39, 0.29) is 5.91 Å². The summed E-state index contributed by atoms with van der Waals surface area (Å²) in [6.45, 7) is 4.14. The molecule has 0 aromatic heterocycles. The highest BCUT2D eigenvalue weighted by Crippen LogP contribution is 2.24. The molecular weight excluding hydrogens is 414 g/mol. The Hall–Kier alpha value is -3.51. The van der Waals surface area contributed by atoms with Gasteiger partial charge in [0.1, 0.15) is 11.5 Å². The number of nitrogens with one attached hydrogen (secondary N) is 1. The Morgan fingerprint density at radius 2 is 1.45 bits per heavy atom.